The second-order valence-electron chi connectivity index (χ2n) is 5.79. The summed E-state index contributed by atoms with van der Waals surface area (Å²) in [7, 11) is 0. The first kappa shape index (κ1) is 15.1. The molecular formula is C16H17BrN2O3. The van der Waals surface area contributed by atoms with Crippen LogP contribution in [0.1, 0.15) is 30.1 Å². The zero-order valence-corrected chi connectivity index (χ0v) is 13.8. The number of benzene rings is 1. The van der Waals surface area contributed by atoms with Gasteiger partial charge in [0.1, 0.15) is 0 Å². The quantitative estimate of drug-likeness (QED) is 0.854. The lowest BCUT2D eigenvalue weighted by Gasteiger charge is -2.24. The van der Waals surface area contributed by atoms with Crippen LogP contribution in [0.3, 0.4) is 0 Å². The number of rotatable bonds is 5. The maximum Gasteiger partial charge on any atom is 0.308 e. The van der Waals surface area contributed by atoms with Crippen molar-refractivity contribution in [1.29, 1.82) is 0 Å². The van der Waals surface area contributed by atoms with Gasteiger partial charge in [0.05, 0.1) is 11.5 Å². The first-order valence-electron chi connectivity index (χ1n) is 7.28. The lowest BCUT2D eigenvalue weighted by Crippen LogP contribution is -2.38. The smallest absolute Gasteiger partial charge is 0.308 e. The summed E-state index contributed by atoms with van der Waals surface area (Å²) >= 11 is 3.49. The molecule has 1 unspecified atom stereocenters. The zero-order valence-electron chi connectivity index (χ0n) is 12.2. The Hall–Kier alpha value is -1.82. The standard InChI is InChI=1S/C16H17BrN2O3/c1-9(16(21)22)8-19(10-5-6-10)15(20)11-7-18-13-4-2-3-12(17)14(11)13/h2-4,7,9-10,18H,5-6,8H2,1H3,(H,21,22). The maximum atomic E-state index is 12.9. The van der Waals surface area contributed by atoms with Gasteiger partial charge in [-0.05, 0) is 25.0 Å². The minimum atomic E-state index is -0.876. The molecule has 1 atom stereocenters. The van der Waals surface area contributed by atoms with Crippen LogP contribution in [0, 0.1) is 5.92 Å². The van der Waals surface area contributed by atoms with Crippen LogP contribution in [-0.4, -0.2) is 39.5 Å². The van der Waals surface area contributed by atoms with Gasteiger partial charge < -0.3 is 15.0 Å². The van der Waals surface area contributed by atoms with E-state index in [1.165, 1.54) is 0 Å². The number of hydrogen-bond acceptors (Lipinski definition) is 2. The van der Waals surface area contributed by atoms with Gasteiger partial charge in [-0.1, -0.05) is 28.9 Å². The summed E-state index contributed by atoms with van der Waals surface area (Å²) in [5.41, 5.74) is 1.48. The van der Waals surface area contributed by atoms with E-state index in [1.807, 2.05) is 18.2 Å². The molecule has 1 aliphatic carbocycles. The Morgan fingerprint density at radius 2 is 2.18 bits per heavy atom. The maximum absolute atomic E-state index is 12.9. The predicted molar refractivity (Wildman–Crippen MR) is 86.9 cm³/mol. The summed E-state index contributed by atoms with van der Waals surface area (Å²) < 4.78 is 0.858. The van der Waals surface area contributed by atoms with Crippen LogP contribution in [0.25, 0.3) is 10.9 Å². The van der Waals surface area contributed by atoms with Gasteiger partial charge in [-0.15, -0.1) is 0 Å². The van der Waals surface area contributed by atoms with Crippen LogP contribution in [0.15, 0.2) is 28.9 Å². The fraction of sp³-hybridized carbons (Fsp3) is 0.375. The fourth-order valence-corrected chi connectivity index (χ4v) is 3.20. The molecule has 2 aromatic rings. The highest BCUT2D eigenvalue weighted by atomic mass is 79.9. The first-order chi connectivity index (χ1) is 10.5. The number of hydrogen-bond donors (Lipinski definition) is 2. The molecular weight excluding hydrogens is 348 g/mol. The van der Waals surface area contributed by atoms with E-state index >= 15 is 0 Å². The van der Waals surface area contributed by atoms with E-state index in [4.69, 9.17) is 5.11 Å². The third-order valence-corrected chi connectivity index (χ3v) is 4.69. The molecule has 2 N–H and O–H groups in total. The number of nitrogens with zero attached hydrogens (tertiary/aromatic N) is 1. The van der Waals surface area contributed by atoms with Crippen molar-refractivity contribution < 1.29 is 14.7 Å². The molecule has 5 nitrogen and oxygen atoms in total. The molecule has 6 heteroatoms. The van der Waals surface area contributed by atoms with Gasteiger partial charge in [0.2, 0.25) is 0 Å². The van der Waals surface area contributed by atoms with E-state index in [1.54, 1.807) is 18.0 Å². The number of H-pyrrole nitrogens is 1. The number of carbonyl (C=O) groups is 2. The number of amides is 1. The average Bonchev–Trinajstić information content (AvgIpc) is 3.22. The van der Waals surface area contributed by atoms with E-state index in [0.29, 0.717) is 5.56 Å². The van der Waals surface area contributed by atoms with Crippen LogP contribution < -0.4 is 0 Å². The molecule has 0 aliphatic heterocycles. The van der Waals surface area contributed by atoms with E-state index in [-0.39, 0.29) is 18.5 Å². The van der Waals surface area contributed by atoms with E-state index in [0.717, 1.165) is 28.2 Å². The summed E-state index contributed by atoms with van der Waals surface area (Å²) in [5, 5.41) is 9.96. The Morgan fingerprint density at radius 3 is 2.82 bits per heavy atom. The summed E-state index contributed by atoms with van der Waals surface area (Å²) in [4.78, 5) is 28.8. The van der Waals surface area contributed by atoms with Crippen molar-refractivity contribution >= 4 is 38.7 Å². The molecule has 1 heterocycles. The van der Waals surface area contributed by atoms with Crippen molar-refractivity contribution in [1.82, 2.24) is 9.88 Å². The van der Waals surface area contributed by atoms with Gasteiger partial charge >= 0.3 is 5.97 Å². The topological polar surface area (TPSA) is 73.4 Å². The Morgan fingerprint density at radius 1 is 1.45 bits per heavy atom. The summed E-state index contributed by atoms with van der Waals surface area (Å²) in [6.07, 6.45) is 3.60. The minimum Gasteiger partial charge on any atom is -0.481 e. The SMILES string of the molecule is CC(CN(C(=O)c1c[nH]c2cccc(Br)c12)C1CC1)C(=O)O. The highest BCUT2D eigenvalue weighted by molar-refractivity contribution is 9.10. The van der Waals surface area contributed by atoms with E-state index in [9.17, 15) is 9.59 Å². The minimum absolute atomic E-state index is 0.103. The van der Waals surface area contributed by atoms with Crippen LogP contribution >= 0.6 is 15.9 Å². The number of carboxylic acid groups (broad SMARTS) is 1. The fourth-order valence-electron chi connectivity index (χ4n) is 2.62. The molecule has 116 valence electrons. The van der Waals surface area contributed by atoms with E-state index < -0.39 is 11.9 Å². The number of carbonyl (C=O) groups excluding carboxylic acids is 1. The van der Waals surface area contributed by atoms with Crippen LogP contribution in [0.4, 0.5) is 0 Å². The molecule has 0 bridgehead atoms. The Bertz CT molecular complexity index is 736. The highest BCUT2D eigenvalue weighted by Crippen LogP contribution is 2.32. The zero-order chi connectivity index (χ0) is 15.9. The molecule has 3 rings (SSSR count). The monoisotopic (exact) mass is 364 g/mol. The highest BCUT2D eigenvalue weighted by Gasteiger charge is 2.35. The second kappa shape index (κ2) is 5.76. The number of aromatic nitrogens is 1. The number of fused-ring (bicyclic) bond motifs is 1. The molecule has 1 aromatic heterocycles. The van der Waals surface area contributed by atoms with E-state index in [2.05, 4.69) is 20.9 Å². The molecule has 1 amide bonds. The van der Waals surface area contributed by atoms with Crippen molar-refractivity contribution in [3.63, 3.8) is 0 Å². The number of aliphatic carboxylic acids is 1. The van der Waals surface area contributed by atoms with Gasteiger partial charge in [0.25, 0.3) is 5.91 Å². The number of carboxylic acids is 1. The van der Waals surface area contributed by atoms with Gasteiger partial charge in [-0.3, -0.25) is 9.59 Å². The molecule has 1 saturated carbocycles. The molecule has 1 aromatic carbocycles. The normalized spacial score (nSPS) is 15.7. The molecule has 1 fully saturated rings. The summed E-state index contributed by atoms with van der Waals surface area (Å²) in [6, 6.07) is 5.89. The second-order valence-corrected chi connectivity index (χ2v) is 6.65. The van der Waals surface area contributed by atoms with Crippen molar-refractivity contribution in [3.8, 4) is 0 Å². The largest absolute Gasteiger partial charge is 0.481 e. The number of nitrogens with one attached hydrogen (secondary N) is 1. The lowest BCUT2D eigenvalue weighted by molar-refractivity contribution is -0.141. The Balaban J connectivity index is 1.94. The molecule has 0 saturated heterocycles. The Kier molecular flexibility index (Phi) is 3.95. The van der Waals surface area contributed by atoms with Crippen LogP contribution in [0.2, 0.25) is 0 Å². The van der Waals surface area contributed by atoms with Crippen LogP contribution in [-0.2, 0) is 4.79 Å². The third kappa shape index (κ3) is 2.75. The summed E-state index contributed by atoms with van der Waals surface area (Å²) in [6.45, 7) is 1.88. The first-order valence-corrected chi connectivity index (χ1v) is 8.07. The average molecular weight is 365 g/mol. The van der Waals surface area contributed by atoms with Crippen molar-refractivity contribution in [2.24, 2.45) is 5.92 Å². The molecule has 0 radical (unpaired) electrons. The third-order valence-electron chi connectivity index (χ3n) is 4.03. The molecule has 1 aliphatic rings. The van der Waals surface area contributed by atoms with Gasteiger partial charge in [-0.25, -0.2) is 0 Å². The van der Waals surface area contributed by atoms with Gasteiger partial charge in [0, 0.05) is 34.2 Å². The Labute approximate surface area is 136 Å². The molecule has 22 heavy (non-hydrogen) atoms. The number of halogens is 1. The van der Waals surface area contributed by atoms with Crippen molar-refractivity contribution in [2.45, 2.75) is 25.8 Å². The lowest BCUT2D eigenvalue weighted by atomic mass is 10.1. The molecule has 0 spiro atoms. The predicted octanol–water partition coefficient (Wildman–Crippen LogP) is 3.26. The van der Waals surface area contributed by atoms with Gasteiger partial charge in [0.15, 0.2) is 0 Å². The van der Waals surface area contributed by atoms with Crippen molar-refractivity contribution in [2.75, 3.05) is 6.54 Å². The van der Waals surface area contributed by atoms with Crippen molar-refractivity contribution in [3.05, 3.63) is 34.4 Å². The number of aromatic amines is 1. The summed E-state index contributed by atoms with van der Waals surface area (Å²) in [5.74, 6) is -1.55. The van der Waals surface area contributed by atoms with Crippen LogP contribution in [0.5, 0.6) is 0 Å². The van der Waals surface area contributed by atoms with Gasteiger partial charge in [-0.2, -0.15) is 0 Å².